The molecule has 218 valence electrons. The molecular formula is C35H52F2O2. The lowest BCUT2D eigenvalue weighted by atomic mass is 9.67. The van der Waals surface area contributed by atoms with Gasteiger partial charge in [0.1, 0.15) is 0 Å². The highest BCUT2D eigenvalue weighted by Gasteiger charge is 2.37. The minimum atomic E-state index is -0.822. The average Bonchev–Trinajstić information content (AvgIpc) is 2.99. The molecule has 1 heterocycles. The molecule has 0 aromatic heterocycles. The van der Waals surface area contributed by atoms with E-state index in [9.17, 15) is 8.78 Å². The Balaban J connectivity index is 1.02. The van der Waals surface area contributed by atoms with Crippen molar-refractivity contribution in [1.29, 1.82) is 0 Å². The van der Waals surface area contributed by atoms with Crippen molar-refractivity contribution < 1.29 is 18.3 Å². The molecule has 0 spiro atoms. The molecule has 1 aromatic rings. The van der Waals surface area contributed by atoms with E-state index in [1.54, 1.807) is 19.1 Å². The molecule has 4 heteroatoms. The maximum atomic E-state index is 14.8. The number of hydrogen-bond acceptors (Lipinski definition) is 2. The first-order valence-electron chi connectivity index (χ1n) is 16.4. The SMILES string of the molecule is C=CCCC1CCC(C2CCC(C3CCC(C4CCC(c5ccc(OCC)c(F)c5F)CC4)CC3)OC2)CC1. The number of rotatable bonds is 9. The van der Waals surface area contributed by atoms with E-state index in [0.717, 1.165) is 67.8 Å². The van der Waals surface area contributed by atoms with Crippen LogP contribution in [-0.2, 0) is 4.74 Å². The first kappa shape index (κ1) is 29.1. The molecule has 1 saturated heterocycles. The van der Waals surface area contributed by atoms with E-state index in [0.29, 0.717) is 18.3 Å². The standard InChI is InChI=1S/C35H52F2O2/c1-3-5-6-24-7-9-27(10-8-24)30-19-21-32(39-23-30)29-17-13-26(14-18-29)25-11-15-28(16-12-25)31-20-22-33(38-4-2)35(37)34(31)36/h3,20,22,24-30,32H,1,4-19,21,23H2,2H3. The zero-order chi connectivity index (χ0) is 27.2. The van der Waals surface area contributed by atoms with Gasteiger partial charge in [-0.1, -0.05) is 25.0 Å². The van der Waals surface area contributed by atoms with Crippen LogP contribution in [0, 0.1) is 47.1 Å². The minimum absolute atomic E-state index is 0.0312. The van der Waals surface area contributed by atoms with Crippen LogP contribution in [-0.4, -0.2) is 19.3 Å². The van der Waals surface area contributed by atoms with Gasteiger partial charge in [-0.2, -0.15) is 4.39 Å². The molecule has 2 atom stereocenters. The van der Waals surface area contributed by atoms with E-state index >= 15 is 0 Å². The van der Waals surface area contributed by atoms with Crippen molar-refractivity contribution in [2.45, 2.75) is 122 Å². The molecule has 1 aliphatic heterocycles. The number of halogens is 2. The van der Waals surface area contributed by atoms with Gasteiger partial charge >= 0.3 is 0 Å². The summed E-state index contributed by atoms with van der Waals surface area (Å²) in [6, 6.07) is 3.36. The van der Waals surface area contributed by atoms with Crippen molar-refractivity contribution in [3.05, 3.63) is 42.0 Å². The second kappa shape index (κ2) is 14.0. The molecule has 4 aliphatic rings. The summed E-state index contributed by atoms with van der Waals surface area (Å²) in [6.07, 6.45) is 22.9. The summed E-state index contributed by atoms with van der Waals surface area (Å²) in [5.74, 6) is 3.55. The highest BCUT2D eigenvalue weighted by Crippen LogP contribution is 2.47. The second-order valence-corrected chi connectivity index (χ2v) is 13.4. The minimum Gasteiger partial charge on any atom is -0.491 e. The summed E-state index contributed by atoms with van der Waals surface area (Å²) in [5, 5.41) is 0. The molecule has 0 amide bonds. The predicted molar refractivity (Wildman–Crippen MR) is 155 cm³/mol. The monoisotopic (exact) mass is 542 g/mol. The molecule has 0 N–H and O–H groups in total. The Hall–Kier alpha value is -1.42. The lowest BCUT2D eigenvalue weighted by Gasteiger charge is -2.43. The van der Waals surface area contributed by atoms with E-state index in [-0.39, 0.29) is 11.7 Å². The molecule has 1 aromatic carbocycles. The van der Waals surface area contributed by atoms with E-state index in [2.05, 4.69) is 12.7 Å². The first-order valence-corrected chi connectivity index (χ1v) is 16.4. The summed E-state index contributed by atoms with van der Waals surface area (Å²) in [4.78, 5) is 0. The van der Waals surface area contributed by atoms with Gasteiger partial charge in [0, 0.05) is 0 Å². The topological polar surface area (TPSA) is 18.5 Å². The van der Waals surface area contributed by atoms with Gasteiger partial charge in [-0.05, 0) is 150 Å². The van der Waals surface area contributed by atoms with Gasteiger partial charge in [-0.15, -0.1) is 6.58 Å². The van der Waals surface area contributed by atoms with E-state index in [1.165, 1.54) is 77.0 Å². The molecule has 2 unspecified atom stereocenters. The lowest BCUT2D eigenvalue weighted by molar-refractivity contribution is -0.0757. The number of ether oxygens (including phenoxy) is 2. The third-order valence-corrected chi connectivity index (χ3v) is 11.3. The fraction of sp³-hybridized carbons (Fsp3) is 0.771. The van der Waals surface area contributed by atoms with Gasteiger partial charge in [0.15, 0.2) is 11.6 Å². The Labute approximate surface area is 236 Å². The molecular weight excluding hydrogens is 490 g/mol. The van der Waals surface area contributed by atoms with Crippen LogP contribution < -0.4 is 4.74 Å². The normalized spacial score (nSPS) is 35.9. The molecule has 3 saturated carbocycles. The zero-order valence-corrected chi connectivity index (χ0v) is 24.4. The predicted octanol–water partition coefficient (Wildman–Crippen LogP) is 10.0. The van der Waals surface area contributed by atoms with Crippen molar-refractivity contribution in [1.82, 2.24) is 0 Å². The van der Waals surface area contributed by atoms with E-state index in [1.807, 2.05) is 0 Å². The Morgan fingerprint density at radius 3 is 1.97 bits per heavy atom. The zero-order valence-electron chi connectivity index (χ0n) is 24.4. The molecule has 5 rings (SSSR count). The maximum Gasteiger partial charge on any atom is 0.200 e. The second-order valence-electron chi connectivity index (χ2n) is 13.4. The van der Waals surface area contributed by atoms with Crippen molar-refractivity contribution >= 4 is 0 Å². The smallest absolute Gasteiger partial charge is 0.200 e. The van der Waals surface area contributed by atoms with E-state index in [4.69, 9.17) is 9.47 Å². The van der Waals surface area contributed by atoms with Crippen molar-refractivity contribution in [3.63, 3.8) is 0 Å². The third-order valence-electron chi connectivity index (χ3n) is 11.3. The highest BCUT2D eigenvalue weighted by atomic mass is 19.2. The van der Waals surface area contributed by atoms with Gasteiger partial charge in [0.25, 0.3) is 0 Å². The first-order chi connectivity index (χ1) is 19.1. The summed E-state index contributed by atoms with van der Waals surface area (Å²) in [6.45, 7) is 7.02. The maximum absolute atomic E-state index is 14.8. The number of benzene rings is 1. The molecule has 4 fully saturated rings. The van der Waals surface area contributed by atoms with Crippen LogP contribution in [0.15, 0.2) is 24.8 Å². The van der Waals surface area contributed by atoms with Crippen LogP contribution in [0.3, 0.4) is 0 Å². The Morgan fingerprint density at radius 2 is 1.36 bits per heavy atom. The van der Waals surface area contributed by atoms with Gasteiger partial charge in [0.2, 0.25) is 5.82 Å². The van der Waals surface area contributed by atoms with Crippen LogP contribution in [0.25, 0.3) is 0 Å². The van der Waals surface area contributed by atoms with Crippen molar-refractivity contribution in [2.24, 2.45) is 35.5 Å². The summed E-state index contributed by atoms with van der Waals surface area (Å²) < 4.78 is 41.0. The van der Waals surface area contributed by atoms with Crippen LogP contribution in [0.1, 0.15) is 121 Å². The summed E-state index contributed by atoms with van der Waals surface area (Å²) >= 11 is 0. The summed E-state index contributed by atoms with van der Waals surface area (Å²) in [5.41, 5.74) is 0.548. The van der Waals surface area contributed by atoms with Crippen LogP contribution >= 0.6 is 0 Å². The Kier molecular flexibility index (Phi) is 10.4. The molecule has 0 radical (unpaired) electrons. The number of hydrogen-bond donors (Lipinski definition) is 0. The molecule has 2 nitrogen and oxygen atoms in total. The average molecular weight is 543 g/mol. The largest absolute Gasteiger partial charge is 0.491 e. The Morgan fingerprint density at radius 1 is 0.769 bits per heavy atom. The van der Waals surface area contributed by atoms with Crippen LogP contribution in [0.5, 0.6) is 5.75 Å². The van der Waals surface area contributed by atoms with Crippen molar-refractivity contribution in [2.75, 3.05) is 13.2 Å². The van der Waals surface area contributed by atoms with Crippen LogP contribution in [0.2, 0.25) is 0 Å². The van der Waals surface area contributed by atoms with Crippen molar-refractivity contribution in [3.8, 4) is 5.75 Å². The van der Waals surface area contributed by atoms with Gasteiger partial charge in [-0.3, -0.25) is 0 Å². The molecule has 3 aliphatic carbocycles. The van der Waals surface area contributed by atoms with Gasteiger partial charge in [-0.25, -0.2) is 4.39 Å². The fourth-order valence-corrected chi connectivity index (χ4v) is 8.86. The van der Waals surface area contributed by atoms with Gasteiger partial charge < -0.3 is 9.47 Å². The third kappa shape index (κ3) is 7.08. The number of allylic oxidation sites excluding steroid dienone is 1. The summed E-state index contributed by atoms with van der Waals surface area (Å²) in [7, 11) is 0. The van der Waals surface area contributed by atoms with Crippen LogP contribution in [0.4, 0.5) is 8.78 Å². The molecule has 39 heavy (non-hydrogen) atoms. The van der Waals surface area contributed by atoms with E-state index < -0.39 is 11.6 Å². The fourth-order valence-electron chi connectivity index (χ4n) is 8.86. The lowest BCUT2D eigenvalue weighted by Crippen LogP contribution is -2.38. The molecule has 0 bridgehead atoms. The Bertz CT molecular complexity index is 899. The van der Waals surface area contributed by atoms with Gasteiger partial charge in [0.05, 0.1) is 19.3 Å². The quantitative estimate of drug-likeness (QED) is 0.289. The highest BCUT2D eigenvalue weighted by molar-refractivity contribution is 5.33.